The van der Waals surface area contributed by atoms with Crippen LogP contribution in [0.1, 0.15) is 93.4 Å². The number of halogens is 12. The van der Waals surface area contributed by atoms with Crippen LogP contribution in [0.25, 0.3) is 95.8 Å². The van der Waals surface area contributed by atoms with Gasteiger partial charge in [-0.2, -0.15) is 0 Å². The van der Waals surface area contributed by atoms with E-state index in [0.29, 0.717) is 67.3 Å². The number of nitrogens with zero attached hydrogens (tertiary/aromatic N) is 22. The summed E-state index contributed by atoms with van der Waals surface area (Å²) >= 11 is 12.4. The molecule has 50 heteroatoms. The smallest absolute Gasteiger partial charge is 0.321 e. The summed E-state index contributed by atoms with van der Waals surface area (Å²) < 4.78 is 154. The van der Waals surface area contributed by atoms with E-state index < -0.39 is 81.9 Å². The molecule has 776 valence electrons. The summed E-state index contributed by atoms with van der Waals surface area (Å²) in [6.07, 6.45) is 0. The van der Waals surface area contributed by atoms with Crippen molar-refractivity contribution in [3.8, 4) is 0 Å². The van der Waals surface area contributed by atoms with Crippen molar-refractivity contribution in [2.24, 2.45) is 99.8 Å². The van der Waals surface area contributed by atoms with Gasteiger partial charge in [-0.15, -0.1) is 22.7 Å². The lowest BCUT2D eigenvalue weighted by molar-refractivity contribution is -0.132. The number of fused-ring (bicyclic) bond motifs is 33. The van der Waals surface area contributed by atoms with Crippen molar-refractivity contribution in [2.45, 2.75) is 99.9 Å². The van der Waals surface area contributed by atoms with Crippen LogP contribution in [0.5, 0.6) is 0 Å². The summed E-state index contributed by atoms with van der Waals surface area (Å²) in [6, 6.07) is 21.3. The van der Waals surface area contributed by atoms with E-state index in [4.69, 9.17) is 44.4 Å². The number of aromatic nitrogens is 2. The van der Waals surface area contributed by atoms with Gasteiger partial charge in [0.2, 0.25) is 11.8 Å². The second-order valence-corrected chi connectivity index (χ2v) is 34.9. The average Bonchev–Trinajstić information content (AvgIpc) is 1.54. The van der Waals surface area contributed by atoms with Crippen LogP contribution in [-0.2, 0) is 27.8 Å². The Morgan fingerprint density at radius 2 is 0.533 bits per heavy atom. The number of aryl methyl sites for hydroxylation is 2. The third-order valence-corrected chi connectivity index (χ3v) is 25.8. The molecule has 0 saturated heterocycles. The largest absolute Gasteiger partial charge is 0.397 e. The summed E-state index contributed by atoms with van der Waals surface area (Å²) in [7, 11) is 0. The molecule has 36 nitrogen and oxygen atoms in total. The Kier molecular flexibility index (Phi) is 33.5. The van der Waals surface area contributed by atoms with Crippen LogP contribution < -0.4 is 152 Å². The number of hydrogen-bond donors (Lipinski definition) is 8. The van der Waals surface area contributed by atoms with Crippen molar-refractivity contribution >= 4 is 211 Å². The summed E-state index contributed by atoms with van der Waals surface area (Å²) in [6.45, 7) is 14.2. The Morgan fingerprint density at radius 1 is 0.293 bits per heavy atom. The Morgan fingerprint density at radius 3 is 0.840 bits per heavy atom. The first kappa shape index (κ1) is 112. The summed E-state index contributed by atoms with van der Waals surface area (Å²) in [5.74, 6) is -8.68. The van der Waals surface area contributed by atoms with Crippen LogP contribution in [0.3, 0.4) is 0 Å². The Bertz CT molecular complexity index is 9310. The van der Waals surface area contributed by atoms with Crippen LogP contribution in [0.15, 0.2) is 173 Å². The molecule has 0 fully saturated rings. The minimum atomic E-state index is -0.861. The molecule has 150 heavy (non-hydrogen) atoms. The van der Waals surface area contributed by atoms with E-state index in [1.807, 2.05) is 13.8 Å². The Hall–Kier alpha value is -16.8. The number of thiazole rings is 2. The molecule has 0 aliphatic carbocycles. The molecule has 0 radical (unpaired) electrons. The average molecular weight is 2140 g/mol. The minimum absolute atomic E-state index is 0. The van der Waals surface area contributed by atoms with Gasteiger partial charge < -0.3 is 53.6 Å². The van der Waals surface area contributed by atoms with Gasteiger partial charge in [0.25, 0.3) is 0 Å². The summed E-state index contributed by atoms with van der Waals surface area (Å²) in [5.41, 5.74) is 35.4. The van der Waals surface area contributed by atoms with Gasteiger partial charge in [-0.3, -0.25) is 119 Å². The monoisotopic (exact) mass is 2130 g/mol. The molecule has 2 aromatic heterocycles. The first-order valence-corrected chi connectivity index (χ1v) is 45.1. The number of rotatable bonds is 2. The third-order valence-electron chi connectivity index (χ3n) is 23.4. The number of nitrogen functional groups attached to an aromatic ring is 6. The van der Waals surface area contributed by atoms with Crippen molar-refractivity contribution in [1.82, 2.24) is 9.97 Å². The summed E-state index contributed by atoms with van der Waals surface area (Å²) in [5, 5.41) is 20.1. The molecule has 0 bridgehead atoms. The maximum Gasteiger partial charge on any atom is 0.321 e. The van der Waals surface area contributed by atoms with Gasteiger partial charge in [-0.25, -0.2) is 53.9 Å². The lowest BCUT2D eigenvalue weighted by atomic mass is 10.0. The minimum Gasteiger partial charge on any atom is -0.397 e. The predicted octanol–water partition coefficient (Wildman–Crippen LogP) is 8.46. The molecule has 14 N–H and O–H groups in total. The molecule has 26 rings (SSSR count). The number of anilines is 8. The SMILES string of the molecule is C.C.C.C.C.C.CC(=O)Nc1c(F)c2c3c(c(NC(C)=O)c(F)c2c2c1=NCN=2)=NCN=3.CC(=O)OCl.CC(=O)OCl.Cc1c(F)c2c3c(c(C)c(F)c2c2c1=NCN=2)=NCN=3.Cc1nc2c3c(c4c5sc(C)nc5c5c(c4c2s1)=NCN=5)=NCN=3.Fc1cc2c(c3c(F)cc4c(c13)=NCN=4)=NCN=2.Nc1c(F)c2c3c(c(N)c(F)c2c2c1=NCN=2)=NCN=3.Nc1cc(F)c2c(N)c(N)cc(F)c2c1N.c1ccc2ccccc2c1. The van der Waals surface area contributed by atoms with Crippen LogP contribution in [0.2, 0.25) is 0 Å². The normalized spacial score (nSPS) is 13.0. The molecule has 0 saturated carbocycles. The third kappa shape index (κ3) is 19.6. The molecule has 14 aromatic carbocycles. The number of hydrogen-bond acceptors (Lipinski definition) is 36. The standard InChI is InChI=1S/C16H12F2N6O2.C16H10N6S2.C14H10F2N4.C12H8F2N6.C12H6F2N4.C10H10F2N4.C10H8.2C2H3ClO2.6CH4/c1-5(25)23-13-9(17)7-8(11-15(13)21-3-19-11)10(18)14(24-6(2)26)16-12(7)20-4-22-16;1-5-21-13-11-10(18-3-19-11)8-7(15(13)23-5)9-12(20-4-17-9)14-16(8)24-6(2)22-14;1-5-9(15)7-8(13-11(5)17-3-19-13)10(16)6(2)12-14(7)20-4-18-12;13-5-3-4(10-12(8(5)16)20-2-18-10)6(14)7(15)11-9(3)17-1-19-11;13-5-1-7-11(17-3-15-7)10-6(14)2-8-12(9(5)10)18-4-16-8;11-3-1-5(13)9(15)8-4(12)2-6(14)10(16)7(3)8;1-2-6-10-8-4-3-7-9(10)5-1;2*1-2(4)5-3;;;;;;/h3-4H2,1-2H3,(H,23,25)(H,24,26);3-4H2,1-2H3;3-4H2,1-2H3;1-2,15-16H2;1-2H,3-4H2;1-2H,13-16H2;1-8H;2*1H3;6*1H4. The van der Waals surface area contributed by atoms with Gasteiger partial charge in [0.05, 0.1) is 172 Å². The van der Waals surface area contributed by atoms with E-state index in [0.717, 1.165) is 74.8 Å². The lowest BCUT2D eigenvalue weighted by Gasteiger charge is -2.11. The first-order valence-electron chi connectivity index (χ1n) is 42.9. The molecule has 10 aliphatic rings. The van der Waals surface area contributed by atoms with E-state index >= 15 is 8.78 Å². The number of carbonyl (C=O) groups excluding carboxylic acids is 4. The van der Waals surface area contributed by atoms with E-state index in [1.54, 1.807) is 36.5 Å². The van der Waals surface area contributed by atoms with Crippen LogP contribution in [0, 0.1) is 85.9 Å². The van der Waals surface area contributed by atoms with Crippen LogP contribution >= 0.6 is 46.4 Å². The topological polar surface area (TPSA) is 540 Å². The van der Waals surface area contributed by atoms with Crippen molar-refractivity contribution < 1.29 is 71.7 Å². The molecular weight excluding hydrogens is 2040 g/mol. The maximum absolute atomic E-state index is 15.2. The van der Waals surface area contributed by atoms with Crippen LogP contribution in [0.4, 0.5) is 89.4 Å². The van der Waals surface area contributed by atoms with Gasteiger partial charge in [-0.05, 0) is 50.6 Å². The Balaban J connectivity index is 0.000000153. The van der Waals surface area contributed by atoms with Crippen molar-refractivity contribution in [3.05, 3.63) is 259 Å². The lowest BCUT2D eigenvalue weighted by Crippen LogP contribution is -2.37. The number of nitrogens with one attached hydrogen (secondary N) is 2. The quantitative estimate of drug-likeness (QED) is 0.0594. The maximum atomic E-state index is 15.2. The molecular formula is C100H94Cl2F10N30O6S2. The highest BCUT2D eigenvalue weighted by atomic mass is 35.5. The van der Waals surface area contributed by atoms with E-state index in [2.05, 4.69) is 191 Å². The molecule has 16 aromatic rings. The van der Waals surface area contributed by atoms with E-state index in [-0.39, 0.29) is 240 Å². The fraction of sp³-hybridized carbons (Fsp3) is 0.240. The highest BCUT2D eigenvalue weighted by Gasteiger charge is 2.31. The molecule has 0 unspecified atom stereocenters. The van der Waals surface area contributed by atoms with Gasteiger partial charge in [0.15, 0.2) is 23.3 Å². The zero-order valence-corrected chi connectivity index (χ0v) is 79.2. The Labute approximate surface area is 858 Å². The molecule has 2 amide bonds. The highest BCUT2D eigenvalue weighted by Crippen LogP contribution is 2.39. The van der Waals surface area contributed by atoms with Crippen molar-refractivity contribution in [1.29, 1.82) is 0 Å². The number of carbonyl (C=O) groups is 4. The van der Waals surface area contributed by atoms with E-state index in [9.17, 15) is 54.3 Å². The molecule has 12 heterocycles. The fourth-order valence-electron chi connectivity index (χ4n) is 17.4. The highest BCUT2D eigenvalue weighted by molar-refractivity contribution is 7.20. The predicted molar refractivity (Wildman–Crippen MR) is 555 cm³/mol. The molecule has 0 atom stereocenters. The molecule has 0 spiro atoms. The van der Waals surface area contributed by atoms with Crippen LogP contribution in [-0.4, -0.2) is 100 Å². The van der Waals surface area contributed by atoms with E-state index in [1.165, 1.54) is 50.6 Å². The van der Waals surface area contributed by atoms with Gasteiger partial charge in [0, 0.05) is 72.5 Å². The zero-order chi connectivity index (χ0) is 102. The van der Waals surface area contributed by atoms with Crippen molar-refractivity contribution in [3.63, 3.8) is 0 Å². The number of amides is 2. The fourth-order valence-corrected chi connectivity index (χ4v) is 19.4. The van der Waals surface area contributed by atoms with Crippen molar-refractivity contribution in [2.75, 3.05) is 112 Å². The van der Waals surface area contributed by atoms with Gasteiger partial charge >= 0.3 is 11.9 Å². The zero-order valence-electron chi connectivity index (χ0n) is 76.1. The van der Waals surface area contributed by atoms with Gasteiger partial charge in [0.1, 0.15) is 180 Å². The van der Waals surface area contributed by atoms with Gasteiger partial charge in [-0.1, -0.05) is 93.1 Å². The number of nitrogens with two attached hydrogens (primary N) is 6. The molecule has 10 aliphatic heterocycles. The second-order valence-electron chi connectivity index (χ2n) is 32.2. The number of benzene rings is 14. The second kappa shape index (κ2) is 44.9. The summed E-state index contributed by atoms with van der Waals surface area (Å²) in [4.78, 5) is 135. The first-order chi connectivity index (χ1) is 69.0.